The molecular formula is C20H34FIN4O2. The minimum atomic E-state index is -0.303. The molecule has 0 saturated carbocycles. The van der Waals surface area contributed by atoms with E-state index in [2.05, 4.69) is 34.8 Å². The molecule has 28 heavy (non-hydrogen) atoms. The molecule has 0 aliphatic rings. The summed E-state index contributed by atoms with van der Waals surface area (Å²) in [5.41, 5.74) is 0.786. The molecule has 1 amide bonds. The zero-order valence-electron chi connectivity index (χ0n) is 17.3. The molecule has 0 aliphatic heterocycles. The Hall–Kier alpha value is -1.42. The van der Waals surface area contributed by atoms with Crippen LogP contribution in [0.3, 0.4) is 0 Å². The highest BCUT2D eigenvalue weighted by Gasteiger charge is 2.12. The number of benzene rings is 1. The van der Waals surface area contributed by atoms with Crippen molar-refractivity contribution in [1.29, 1.82) is 0 Å². The van der Waals surface area contributed by atoms with E-state index in [0.29, 0.717) is 31.6 Å². The maximum absolute atomic E-state index is 12.9. The quantitative estimate of drug-likeness (QED) is 0.186. The molecule has 1 rings (SSSR count). The molecule has 0 radical (unpaired) electrons. The van der Waals surface area contributed by atoms with Crippen LogP contribution in [0.4, 0.5) is 4.39 Å². The summed E-state index contributed by atoms with van der Waals surface area (Å²) in [5, 5.41) is 9.26. The van der Waals surface area contributed by atoms with Gasteiger partial charge in [-0.3, -0.25) is 9.79 Å². The smallest absolute Gasteiger partial charge is 0.224 e. The first-order valence-corrected chi connectivity index (χ1v) is 9.53. The van der Waals surface area contributed by atoms with Crippen LogP contribution in [0.2, 0.25) is 0 Å². The van der Waals surface area contributed by atoms with E-state index in [1.165, 1.54) is 12.1 Å². The Bertz CT molecular complexity index is 582. The number of nitrogens with one attached hydrogen (secondary N) is 3. The van der Waals surface area contributed by atoms with Crippen molar-refractivity contribution in [2.75, 3.05) is 33.3 Å². The van der Waals surface area contributed by atoms with E-state index in [1.807, 2.05) is 6.92 Å². The SMILES string of the molecule is CCOC(CCNC(=NC)NCCNC(=O)Cc1ccc(F)cc1)C(C)C.I. The van der Waals surface area contributed by atoms with Gasteiger partial charge < -0.3 is 20.7 Å². The second kappa shape index (κ2) is 15.5. The molecule has 1 unspecified atom stereocenters. The summed E-state index contributed by atoms with van der Waals surface area (Å²) in [6.45, 7) is 8.84. The Morgan fingerprint density at radius 1 is 1.11 bits per heavy atom. The maximum Gasteiger partial charge on any atom is 0.224 e. The minimum absolute atomic E-state index is 0. The first-order valence-electron chi connectivity index (χ1n) is 9.53. The van der Waals surface area contributed by atoms with Crippen LogP contribution in [0.1, 0.15) is 32.8 Å². The fourth-order valence-corrected chi connectivity index (χ4v) is 2.61. The lowest BCUT2D eigenvalue weighted by Crippen LogP contribution is -2.42. The summed E-state index contributed by atoms with van der Waals surface area (Å²) in [6.07, 6.45) is 1.37. The molecule has 0 aromatic heterocycles. The van der Waals surface area contributed by atoms with Crippen molar-refractivity contribution in [2.24, 2.45) is 10.9 Å². The highest BCUT2D eigenvalue weighted by Crippen LogP contribution is 2.09. The van der Waals surface area contributed by atoms with Gasteiger partial charge >= 0.3 is 0 Å². The molecule has 0 aliphatic carbocycles. The Morgan fingerprint density at radius 2 is 1.71 bits per heavy atom. The summed E-state index contributed by atoms with van der Waals surface area (Å²) in [5.74, 6) is 0.769. The number of halogens is 2. The van der Waals surface area contributed by atoms with Crippen molar-refractivity contribution in [3.05, 3.63) is 35.6 Å². The number of nitrogens with zero attached hydrogens (tertiary/aromatic N) is 1. The van der Waals surface area contributed by atoms with Gasteiger partial charge in [0.25, 0.3) is 0 Å². The van der Waals surface area contributed by atoms with Crippen LogP contribution in [0, 0.1) is 11.7 Å². The third-order valence-corrected chi connectivity index (χ3v) is 4.09. The highest BCUT2D eigenvalue weighted by molar-refractivity contribution is 14.0. The van der Waals surface area contributed by atoms with Crippen LogP contribution in [0.5, 0.6) is 0 Å². The summed E-state index contributed by atoms with van der Waals surface area (Å²) in [4.78, 5) is 16.1. The van der Waals surface area contributed by atoms with Crippen LogP contribution in [-0.2, 0) is 16.0 Å². The second-order valence-electron chi connectivity index (χ2n) is 6.61. The number of amides is 1. The van der Waals surface area contributed by atoms with Crippen LogP contribution >= 0.6 is 24.0 Å². The average Bonchev–Trinajstić information content (AvgIpc) is 2.64. The van der Waals surface area contributed by atoms with Gasteiger partial charge in [0.1, 0.15) is 5.82 Å². The van der Waals surface area contributed by atoms with Crippen LogP contribution in [0.25, 0.3) is 0 Å². The number of aliphatic imine (C=N–C) groups is 1. The normalized spacial score (nSPS) is 12.3. The van der Waals surface area contributed by atoms with Crippen molar-refractivity contribution in [2.45, 2.75) is 39.7 Å². The molecule has 1 aromatic rings. The molecule has 0 spiro atoms. The molecule has 6 nitrogen and oxygen atoms in total. The Kier molecular flexibility index (Phi) is 14.7. The van der Waals surface area contributed by atoms with E-state index in [-0.39, 0.29) is 48.2 Å². The standard InChI is InChI=1S/C20H33FN4O2.HI/c1-5-27-18(15(2)3)10-11-24-20(22-4)25-13-12-23-19(26)14-16-6-8-17(21)9-7-16;/h6-9,15,18H,5,10-14H2,1-4H3,(H,23,26)(H2,22,24,25);1H. The van der Waals surface area contributed by atoms with Gasteiger partial charge in [-0.05, 0) is 37.0 Å². The summed E-state index contributed by atoms with van der Waals surface area (Å²) >= 11 is 0. The lowest BCUT2D eigenvalue weighted by Gasteiger charge is -2.21. The predicted octanol–water partition coefficient (Wildman–Crippen LogP) is 2.72. The Balaban J connectivity index is 0.00000729. The molecule has 0 saturated heterocycles. The van der Waals surface area contributed by atoms with E-state index < -0.39 is 0 Å². The van der Waals surface area contributed by atoms with Gasteiger partial charge in [-0.2, -0.15) is 0 Å². The lowest BCUT2D eigenvalue weighted by atomic mass is 10.0. The van der Waals surface area contributed by atoms with Gasteiger partial charge in [-0.1, -0.05) is 26.0 Å². The number of rotatable bonds is 11. The van der Waals surface area contributed by atoms with E-state index in [4.69, 9.17) is 4.74 Å². The van der Waals surface area contributed by atoms with Gasteiger partial charge in [-0.25, -0.2) is 4.39 Å². The highest BCUT2D eigenvalue weighted by atomic mass is 127. The zero-order valence-corrected chi connectivity index (χ0v) is 19.6. The first-order chi connectivity index (χ1) is 13.0. The number of guanidine groups is 1. The van der Waals surface area contributed by atoms with Gasteiger partial charge in [0, 0.05) is 33.3 Å². The van der Waals surface area contributed by atoms with E-state index in [0.717, 1.165) is 18.5 Å². The molecular weight excluding hydrogens is 474 g/mol. The summed E-state index contributed by atoms with van der Waals surface area (Å²) in [6, 6.07) is 5.95. The number of carbonyl (C=O) groups is 1. The molecule has 0 heterocycles. The number of carbonyl (C=O) groups excluding carboxylic acids is 1. The molecule has 1 atom stereocenters. The van der Waals surface area contributed by atoms with E-state index in [9.17, 15) is 9.18 Å². The number of ether oxygens (including phenoxy) is 1. The van der Waals surface area contributed by atoms with Crippen molar-refractivity contribution in [3.8, 4) is 0 Å². The fraction of sp³-hybridized carbons (Fsp3) is 0.600. The first kappa shape index (κ1) is 26.6. The fourth-order valence-electron chi connectivity index (χ4n) is 2.61. The van der Waals surface area contributed by atoms with Gasteiger partial charge in [-0.15, -0.1) is 24.0 Å². The third kappa shape index (κ3) is 11.4. The predicted molar refractivity (Wildman–Crippen MR) is 123 cm³/mol. The molecule has 3 N–H and O–H groups in total. The molecule has 160 valence electrons. The largest absolute Gasteiger partial charge is 0.378 e. The lowest BCUT2D eigenvalue weighted by molar-refractivity contribution is -0.120. The Labute approximate surface area is 185 Å². The molecule has 0 fully saturated rings. The van der Waals surface area contributed by atoms with Gasteiger partial charge in [0.2, 0.25) is 5.91 Å². The van der Waals surface area contributed by atoms with Crippen molar-refractivity contribution in [3.63, 3.8) is 0 Å². The van der Waals surface area contributed by atoms with Gasteiger partial charge in [0.15, 0.2) is 5.96 Å². The van der Waals surface area contributed by atoms with E-state index >= 15 is 0 Å². The van der Waals surface area contributed by atoms with Gasteiger partial charge in [0.05, 0.1) is 12.5 Å². The second-order valence-corrected chi connectivity index (χ2v) is 6.61. The van der Waals surface area contributed by atoms with Crippen LogP contribution < -0.4 is 16.0 Å². The minimum Gasteiger partial charge on any atom is -0.378 e. The van der Waals surface area contributed by atoms with Crippen LogP contribution in [-0.4, -0.2) is 51.3 Å². The summed E-state index contributed by atoms with van der Waals surface area (Å²) < 4.78 is 18.6. The Morgan fingerprint density at radius 3 is 2.29 bits per heavy atom. The maximum atomic E-state index is 12.9. The molecule has 1 aromatic carbocycles. The molecule has 8 heteroatoms. The average molecular weight is 508 g/mol. The third-order valence-electron chi connectivity index (χ3n) is 4.09. The summed E-state index contributed by atoms with van der Waals surface area (Å²) in [7, 11) is 1.71. The van der Waals surface area contributed by atoms with Crippen molar-refractivity contribution in [1.82, 2.24) is 16.0 Å². The zero-order chi connectivity index (χ0) is 20.1. The van der Waals surface area contributed by atoms with Crippen molar-refractivity contribution >= 4 is 35.8 Å². The number of hydrogen-bond donors (Lipinski definition) is 3. The monoisotopic (exact) mass is 508 g/mol. The van der Waals surface area contributed by atoms with Crippen LogP contribution in [0.15, 0.2) is 29.3 Å². The topological polar surface area (TPSA) is 74.8 Å². The number of hydrogen-bond acceptors (Lipinski definition) is 3. The van der Waals surface area contributed by atoms with Crippen molar-refractivity contribution < 1.29 is 13.9 Å². The molecule has 0 bridgehead atoms. The van der Waals surface area contributed by atoms with E-state index in [1.54, 1.807) is 19.2 Å².